The van der Waals surface area contributed by atoms with Gasteiger partial charge in [0.25, 0.3) is 5.91 Å². The summed E-state index contributed by atoms with van der Waals surface area (Å²) in [7, 11) is -3.46. The number of aromatic nitrogens is 1. The van der Waals surface area contributed by atoms with Gasteiger partial charge < -0.3 is 5.32 Å². The van der Waals surface area contributed by atoms with Crippen molar-refractivity contribution in [1.82, 2.24) is 14.6 Å². The molecule has 146 valence electrons. The highest BCUT2D eigenvalue weighted by Gasteiger charge is 2.29. The molecule has 1 fully saturated rings. The van der Waals surface area contributed by atoms with E-state index in [4.69, 9.17) is 23.2 Å². The fraction of sp³-hybridized carbons (Fsp3) is 0.412. The Balaban J connectivity index is 1.57. The molecule has 0 aliphatic carbocycles. The van der Waals surface area contributed by atoms with E-state index in [1.807, 2.05) is 0 Å². The van der Waals surface area contributed by atoms with Gasteiger partial charge in [-0.3, -0.25) is 4.79 Å². The van der Waals surface area contributed by atoms with E-state index in [0.29, 0.717) is 52.1 Å². The Bertz CT molecular complexity index is 939. The van der Waals surface area contributed by atoms with Crippen LogP contribution in [0.4, 0.5) is 0 Å². The van der Waals surface area contributed by atoms with Crippen molar-refractivity contribution in [2.45, 2.75) is 31.6 Å². The van der Waals surface area contributed by atoms with Gasteiger partial charge in [-0.1, -0.05) is 29.3 Å². The molecule has 0 atom stereocenters. The van der Waals surface area contributed by atoms with E-state index in [2.05, 4.69) is 10.3 Å². The van der Waals surface area contributed by atoms with E-state index >= 15 is 0 Å². The van der Waals surface area contributed by atoms with Crippen LogP contribution < -0.4 is 5.32 Å². The molecule has 0 unspecified atom stereocenters. The Hall–Kier alpha value is -1.19. The van der Waals surface area contributed by atoms with E-state index in [1.165, 1.54) is 15.6 Å². The largest absolute Gasteiger partial charge is 0.348 e. The molecular weight excluding hydrogens is 429 g/mol. The second-order valence-electron chi connectivity index (χ2n) is 6.42. The third-order valence-corrected chi connectivity index (χ3v) is 7.98. The predicted molar refractivity (Wildman–Crippen MR) is 108 cm³/mol. The van der Waals surface area contributed by atoms with Gasteiger partial charge >= 0.3 is 0 Å². The number of carbonyl (C=O) groups is 1. The summed E-state index contributed by atoms with van der Waals surface area (Å²) in [6, 6.07) is 4.79. The second-order valence-corrected chi connectivity index (χ2v) is 10.1. The van der Waals surface area contributed by atoms with Gasteiger partial charge in [-0.15, -0.1) is 11.3 Å². The van der Waals surface area contributed by atoms with Crippen molar-refractivity contribution in [3.8, 4) is 0 Å². The van der Waals surface area contributed by atoms with Gasteiger partial charge in [0.05, 0.1) is 27.0 Å². The quantitative estimate of drug-likeness (QED) is 0.760. The van der Waals surface area contributed by atoms with Crippen molar-refractivity contribution >= 4 is 50.5 Å². The van der Waals surface area contributed by atoms with Gasteiger partial charge in [0.1, 0.15) is 4.88 Å². The molecule has 1 aromatic carbocycles. The van der Waals surface area contributed by atoms with Gasteiger partial charge in [-0.2, -0.15) is 0 Å². The van der Waals surface area contributed by atoms with Crippen molar-refractivity contribution < 1.29 is 13.2 Å². The molecule has 0 radical (unpaired) electrons. The zero-order chi connectivity index (χ0) is 19.6. The molecule has 3 rings (SSSR count). The molecule has 10 heteroatoms. The minimum atomic E-state index is -3.46. The highest BCUT2D eigenvalue weighted by atomic mass is 35.5. The standard InChI is InChI=1S/C17H19Cl2N3O3S2/c1-11-16(26-10-20-11)17(23)21-13-4-6-22(7-5-13)27(24,25)9-12-2-3-14(18)15(19)8-12/h2-3,8,10,13H,4-7,9H2,1H3,(H,21,23). The number of nitrogens with one attached hydrogen (secondary N) is 1. The Labute approximate surface area is 172 Å². The molecule has 0 saturated carbocycles. The third-order valence-electron chi connectivity index (χ3n) is 4.47. The summed E-state index contributed by atoms with van der Waals surface area (Å²) in [6.07, 6.45) is 1.15. The molecule has 1 aromatic heterocycles. The van der Waals surface area contributed by atoms with Crippen LogP contribution in [0.1, 0.15) is 33.8 Å². The molecule has 1 saturated heterocycles. The Kier molecular flexibility index (Phi) is 6.43. The average molecular weight is 448 g/mol. The van der Waals surface area contributed by atoms with E-state index in [0.717, 1.165) is 0 Å². The molecule has 1 N–H and O–H groups in total. The fourth-order valence-corrected chi connectivity index (χ4v) is 5.56. The lowest BCUT2D eigenvalue weighted by Crippen LogP contribution is -2.46. The number of rotatable bonds is 5. The maximum Gasteiger partial charge on any atom is 0.263 e. The molecular formula is C17H19Cl2N3O3S2. The lowest BCUT2D eigenvalue weighted by Gasteiger charge is -2.31. The molecule has 0 bridgehead atoms. The lowest BCUT2D eigenvalue weighted by molar-refractivity contribution is 0.0927. The first-order valence-corrected chi connectivity index (χ1v) is 11.6. The van der Waals surface area contributed by atoms with Crippen molar-refractivity contribution in [1.29, 1.82) is 0 Å². The number of piperidine rings is 1. The summed E-state index contributed by atoms with van der Waals surface area (Å²) in [5.41, 5.74) is 2.95. The van der Waals surface area contributed by atoms with Crippen molar-refractivity contribution in [3.63, 3.8) is 0 Å². The zero-order valence-electron chi connectivity index (χ0n) is 14.6. The van der Waals surface area contributed by atoms with Gasteiger partial charge in [0.2, 0.25) is 10.0 Å². The Morgan fingerprint density at radius 3 is 2.59 bits per heavy atom. The normalized spacial score (nSPS) is 16.4. The maximum absolute atomic E-state index is 12.7. The van der Waals surface area contributed by atoms with Crippen LogP contribution in [0.2, 0.25) is 10.0 Å². The average Bonchev–Trinajstić information content (AvgIpc) is 3.04. The van der Waals surface area contributed by atoms with Gasteiger partial charge in [0, 0.05) is 19.1 Å². The minimum absolute atomic E-state index is 0.0459. The van der Waals surface area contributed by atoms with Crippen molar-refractivity contribution in [2.24, 2.45) is 0 Å². The van der Waals surface area contributed by atoms with Crippen LogP contribution in [0.25, 0.3) is 0 Å². The number of hydrogen-bond acceptors (Lipinski definition) is 5. The first-order chi connectivity index (χ1) is 12.8. The van der Waals surface area contributed by atoms with Crippen molar-refractivity contribution in [3.05, 3.63) is 49.9 Å². The summed E-state index contributed by atoms with van der Waals surface area (Å²) < 4.78 is 26.8. The number of thiazole rings is 1. The van der Waals surface area contributed by atoms with E-state index < -0.39 is 10.0 Å². The predicted octanol–water partition coefficient (Wildman–Crippen LogP) is 3.48. The van der Waals surface area contributed by atoms with Crippen LogP contribution >= 0.6 is 34.5 Å². The van der Waals surface area contributed by atoms with Crippen LogP contribution in [0, 0.1) is 6.92 Å². The molecule has 1 amide bonds. The molecule has 1 aliphatic heterocycles. The number of benzene rings is 1. The topological polar surface area (TPSA) is 79.4 Å². The smallest absolute Gasteiger partial charge is 0.263 e. The molecule has 2 aromatic rings. The Morgan fingerprint density at radius 1 is 1.30 bits per heavy atom. The highest BCUT2D eigenvalue weighted by molar-refractivity contribution is 7.88. The lowest BCUT2D eigenvalue weighted by atomic mass is 10.1. The van der Waals surface area contributed by atoms with Gasteiger partial charge in [0.15, 0.2) is 0 Å². The molecule has 6 nitrogen and oxygen atoms in total. The van der Waals surface area contributed by atoms with Crippen LogP contribution in [0.5, 0.6) is 0 Å². The summed E-state index contributed by atoms with van der Waals surface area (Å²) >= 11 is 13.1. The Morgan fingerprint density at radius 2 is 2.00 bits per heavy atom. The number of nitrogens with zero attached hydrogens (tertiary/aromatic N) is 2. The zero-order valence-corrected chi connectivity index (χ0v) is 17.8. The van der Waals surface area contributed by atoms with E-state index in [1.54, 1.807) is 30.6 Å². The molecule has 1 aliphatic rings. The summed E-state index contributed by atoms with van der Waals surface area (Å²) in [6.45, 7) is 2.54. The highest BCUT2D eigenvalue weighted by Crippen LogP contribution is 2.25. The summed E-state index contributed by atoms with van der Waals surface area (Å²) in [5, 5.41) is 3.71. The second kappa shape index (κ2) is 8.45. The van der Waals surface area contributed by atoms with E-state index in [-0.39, 0.29) is 17.7 Å². The summed E-state index contributed by atoms with van der Waals surface area (Å²) in [5.74, 6) is -0.270. The monoisotopic (exact) mass is 447 g/mol. The third kappa shape index (κ3) is 5.00. The first-order valence-electron chi connectivity index (χ1n) is 8.39. The number of carbonyl (C=O) groups excluding carboxylic acids is 1. The number of sulfonamides is 1. The maximum atomic E-state index is 12.7. The first kappa shape index (κ1) is 20.5. The molecule has 0 spiro atoms. The SMILES string of the molecule is Cc1ncsc1C(=O)NC1CCN(S(=O)(=O)Cc2ccc(Cl)c(Cl)c2)CC1. The van der Waals surface area contributed by atoms with Crippen molar-refractivity contribution in [2.75, 3.05) is 13.1 Å². The number of hydrogen-bond donors (Lipinski definition) is 1. The van der Waals surface area contributed by atoms with Gasteiger partial charge in [-0.05, 0) is 37.5 Å². The van der Waals surface area contributed by atoms with Gasteiger partial charge in [-0.25, -0.2) is 17.7 Å². The van der Waals surface area contributed by atoms with Crippen LogP contribution in [-0.4, -0.2) is 42.7 Å². The number of amides is 1. The number of aryl methyl sites for hydroxylation is 1. The summed E-state index contributed by atoms with van der Waals surface area (Å²) in [4.78, 5) is 17.0. The minimum Gasteiger partial charge on any atom is -0.348 e. The van der Waals surface area contributed by atoms with Crippen LogP contribution in [-0.2, 0) is 15.8 Å². The molecule has 27 heavy (non-hydrogen) atoms. The van der Waals surface area contributed by atoms with Crippen LogP contribution in [0.15, 0.2) is 23.7 Å². The van der Waals surface area contributed by atoms with E-state index in [9.17, 15) is 13.2 Å². The fourth-order valence-electron chi connectivity index (χ4n) is 2.98. The van der Waals surface area contributed by atoms with Crippen LogP contribution in [0.3, 0.4) is 0 Å². The molecule has 2 heterocycles. The number of halogens is 2.